The lowest BCUT2D eigenvalue weighted by atomic mass is 9.87. The monoisotopic (exact) mass is 410 g/mol. The Morgan fingerprint density at radius 1 is 1.00 bits per heavy atom. The molecule has 2 aromatic carbocycles. The van der Waals surface area contributed by atoms with Crippen LogP contribution >= 0.6 is 0 Å². The number of amides is 1. The fourth-order valence-electron chi connectivity index (χ4n) is 2.73. The van der Waals surface area contributed by atoms with Gasteiger partial charge in [0.15, 0.2) is 0 Å². The third-order valence-electron chi connectivity index (χ3n) is 4.72. The second-order valence-corrected chi connectivity index (χ2v) is 7.80. The molecule has 7 heteroatoms. The molecule has 0 fully saturated rings. The Balaban J connectivity index is 0.000000222. The molecule has 0 radical (unpaired) electrons. The summed E-state index contributed by atoms with van der Waals surface area (Å²) in [4.78, 5) is 10.1. The van der Waals surface area contributed by atoms with E-state index in [0.717, 1.165) is 34.3 Å². The van der Waals surface area contributed by atoms with Gasteiger partial charge in [0.1, 0.15) is 17.2 Å². The number of aryl methyl sites for hydroxylation is 1. The Morgan fingerprint density at radius 2 is 1.67 bits per heavy atom. The van der Waals surface area contributed by atoms with Crippen molar-refractivity contribution < 1.29 is 14.3 Å². The van der Waals surface area contributed by atoms with Crippen LogP contribution < -0.4 is 14.8 Å². The largest absolute Gasteiger partial charge is 0.497 e. The third kappa shape index (κ3) is 5.59. The van der Waals surface area contributed by atoms with E-state index in [1.165, 1.54) is 5.56 Å². The zero-order valence-corrected chi connectivity index (χ0v) is 18.7. The fourth-order valence-corrected chi connectivity index (χ4v) is 2.73. The standard InChI is InChI=1S/C12H15N3O2.C11H15NO/c1-8-9(2)15(14-13-8)11-7-10(16-3)5-6-12(11)17-4;1-11(2,3)9-4-6-10(7-5-9)12-8-13/h5-7H,1-4H3;4-8H,1-3H3,(H,12,13). The highest BCUT2D eigenvalue weighted by atomic mass is 16.5. The molecular formula is C23H30N4O3. The van der Waals surface area contributed by atoms with Crippen LogP contribution in [0.25, 0.3) is 5.69 Å². The quantitative estimate of drug-likeness (QED) is 0.629. The van der Waals surface area contributed by atoms with Crippen molar-refractivity contribution in [3.63, 3.8) is 0 Å². The van der Waals surface area contributed by atoms with Crippen LogP contribution in [0.4, 0.5) is 5.69 Å². The molecule has 1 amide bonds. The Morgan fingerprint density at radius 3 is 2.13 bits per heavy atom. The average molecular weight is 411 g/mol. The Bertz CT molecular complexity index is 973. The number of hydrogen-bond acceptors (Lipinski definition) is 5. The highest BCUT2D eigenvalue weighted by molar-refractivity contribution is 5.71. The topological polar surface area (TPSA) is 78.3 Å². The lowest BCUT2D eigenvalue weighted by molar-refractivity contribution is -0.105. The molecule has 0 saturated heterocycles. The van der Waals surface area contributed by atoms with Crippen molar-refractivity contribution >= 4 is 12.1 Å². The van der Waals surface area contributed by atoms with Crippen LogP contribution in [-0.4, -0.2) is 35.6 Å². The van der Waals surface area contributed by atoms with Gasteiger partial charge in [0.2, 0.25) is 6.41 Å². The fraction of sp³-hybridized carbons (Fsp3) is 0.348. The molecule has 1 aromatic heterocycles. The van der Waals surface area contributed by atoms with Crippen LogP contribution in [0, 0.1) is 13.8 Å². The zero-order valence-electron chi connectivity index (χ0n) is 18.7. The summed E-state index contributed by atoms with van der Waals surface area (Å²) in [5.74, 6) is 1.49. The minimum Gasteiger partial charge on any atom is -0.497 e. The molecule has 0 spiro atoms. The van der Waals surface area contributed by atoms with E-state index in [-0.39, 0.29) is 5.41 Å². The highest BCUT2D eigenvalue weighted by Gasteiger charge is 2.13. The van der Waals surface area contributed by atoms with Crippen molar-refractivity contribution in [2.75, 3.05) is 19.5 Å². The van der Waals surface area contributed by atoms with Crippen LogP contribution in [0.5, 0.6) is 11.5 Å². The molecule has 0 bridgehead atoms. The molecule has 7 nitrogen and oxygen atoms in total. The van der Waals surface area contributed by atoms with Gasteiger partial charge in [-0.05, 0) is 49.1 Å². The van der Waals surface area contributed by atoms with E-state index in [2.05, 4.69) is 36.4 Å². The lowest BCUT2D eigenvalue weighted by Gasteiger charge is -2.18. The number of anilines is 1. The van der Waals surface area contributed by atoms with E-state index in [0.29, 0.717) is 6.41 Å². The first-order chi connectivity index (χ1) is 14.2. The zero-order chi connectivity index (χ0) is 22.3. The van der Waals surface area contributed by atoms with Crippen molar-refractivity contribution in [2.24, 2.45) is 0 Å². The second-order valence-electron chi connectivity index (χ2n) is 7.80. The molecule has 1 N–H and O–H groups in total. The van der Waals surface area contributed by atoms with Crippen molar-refractivity contribution in [1.29, 1.82) is 0 Å². The molecule has 160 valence electrons. The van der Waals surface area contributed by atoms with Crippen molar-refractivity contribution in [3.8, 4) is 17.2 Å². The summed E-state index contributed by atoms with van der Waals surface area (Å²) in [7, 11) is 3.26. The molecule has 1 heterocycles. The summed E-state index contributed by atoms with van der Waals surface area (Å²) in [5.41, 5.74) is 4.98. The second kappa shape index (κ2) is 9.91. The molecule has 0 aliphatic rings. The van der Waals surface area contributed by atoms with Crippen LogP contribution in [0.15, 0.2) is 42.5 Å². The van der Waals surface area contributed by atoms with Crippen LogP contribution in [0.1, 0.15) is 37.7 Å². The Hall–Kier alpha value is -3.35. The summed E-state index contributed by atoms with van der Waals surface area (Å²) in [5, 5.41) is 10.7. The SMILES string of the molecule is CC(C)(C)c1ccc(NC=O)cc1.COc1ccc(OC)c(-n2nnc(C)c2C)c1. The predicted molar refractivity (Wildman–Crippen MR) is 119 cm³/mol. The van der Waals surface area contributed by atoms with Gasteiger partial charge < -0.3 is 14.8 Å². The lowest BCUT2D eigenvalue weighted by Crippen LogP contribution is -2.10. The Labute approximate surface area is 178 Å². The molecule has 0 unspecified atom stereocenters. The Kier molecular flexibility index (Phi) is 7.58. The summed E-state index contributed by atoms with van der Waals surface area (Å²) in [6.07, 6.45) is 0.687. The van der Waals surface area contributed by atoms with E-state index in [1.807, 2.05) is 56.3 Å². The summed E-state index contributed by atoms with van der Waals surface area (Å²) in [6, 6.07) is 13.5. The number of aromatic nitrogens is 3. The van der Waals surface area contributed by atoms with Gasteiger partial charge in [0.05, 0.1) is 25.6 Å². The number of nitrogens with zero attached hydrogens (tertiary/aromatic N) is 3. The highest BCUT2D eigenvalue weighted by Crippen LogP contribution is 2.28. The molecule has 0 saturated carbocycles. The number of methoxy groups -OCH3 is 2. The van der Waals surface area contributed by atoms with Crippen LogP contribution in [0.2, 0.25) is 0 Å². The van der Waals surface area contributed by atoms with Gasteiger partial charge in [-0.25, -0.2) is 4.68 Å². The average Bonchev–Trinajstić information content (AvgIpc) is 3.06. The van der Waals surface area contributed by atoms with Gasteiger partial charge in [0, 0.05) is 11.8 Å². The molecule has 0 aliphatic carbocycles. The number of hydrogen-bond donors (Lipinski definition) is 1. The van der Waals surface area contributed by atoms with Gasteiger partial charge >= 0.3 is 0 Å². The predicted octanol–water partition coefficient (Wildman–Crippen LogP) is 4.45. The summed E-state index contributed by atoms with van der Waals surface area (Å²) < 4.78 is 12.3. The van der Waals surface area contributed by atoms with Crippen LogP contribution in [-0.2, 0) is 10.2 Å². The maximum Gasteiger partial charge on any atom is 0.211 e. The molecule has 0 atom stereocenters. The number of carbonyl (C=O) groups excluding carboxylic acids is 1. The van der Waals surface area contributed by atoms with Gasteiger partial charge in [-0.15, -0.1) is 5.10 Å². The first-order valence-electron chi connectivity index (χ1n) is 9.63. The smallest absolute Gasteiger partial charge is 0.211 e. The summed E-state index contributed by atoms with van der Waals surface area (Å²) in [6.45, 7) is 10.4. The molecule has 3 rings (SSSR count). The number of rotatable bonds is 5. The molecular weight excluding hydrogens is 380 g/mol. The van der Waals surface area contributed by atoms with E-state index in [9.17, 15) is 4.79 Å². The molecule has 3 aromatic rings. The maximum atomic E-state index is 10.1. The van der Waals surface area contributed by atoms with E-state index in [1.54, 1.807) is 18.9 Å². The summed E-state index contributed by atoms with van der Waals surface area (Å²) >= 11 is 0. The van der Waals surface area contributed by atoms with Crippen molar-refractivity contribution in [1.82, 2.24) is 15.0 Å². The molecule has 30 heavy (non-hydrogen) atoms. The van der Waals surface area contributed by atoms with Gasteiger partial charge in [-0.2, -0.15) is 0 Å². The maximum absolute atomic E-state index is 10.1. The van der Waals surface area contributed by atoms with E-state index < -0.39 is 0 Å². The van der Waals surface area contributed by atoms with Crippen LogP contribution in [0.3, 0.4) is 0 Å². The molecule has 0 aliphatic heterocycles. The first kappa shape index (κ1) is 22.9. The van der Waals surface area contributed by atoms with Gasteiger partial charge in [0.25, 0.3) is 0 Å². The van der Waals surface area contributed by atoms with Gasteiger partial charge in [-0.1, -0.05) is 38.1 Å². The van der Waals surface area contributed by atoms with Gasteiger partial charge in [-0.3, -0.25) is 4.79 Å². The number of ether oxygens (including phenoxy) is 2. The minimum absolute atomic E-state index is 0.166. The number of nitrogens with one attached hydrogen (secondary N) is 1. The third-order valence-corrected chi connectivity index (χ3v) is 4.72. The number of benzene rings is 2. The van der Waals surface area contributed by atoms with Crippen molar-refractivity contribution in [2.45, 2.75) is 40.0 Å². The minimum atomic E-state index is 0.166. The van der Waals surface area contributed by atoms with Crippen molar-refractivity contribution in [3.05, 3.63) is 59.4 Å². The van der Waals surface area contributed by atoms with E-state index >= 15 is 0 Å². The number of carbonyl (C=O) groups is 1. The normalized spacial score (nSPS) is 10.6. The first-order valence-corrected chi connectivity index (χ1v) is 9.63. The van der Waals surface area contributed by atoms with E-state index in [4.69, 9.17) is 9.47 Å².